The number of phosphoric acid groups is 2. The Labute approximate surface area is 675 Å². The molecular formula is C93H156O16P2. The van der Waals surface area contributed by atoms with Gasteiger partial charge in [-0.1, -0.05) is 332 Å². The largest absolute Gasteiger partial charge is 0.472 e. The van der Waals surface area contributed by atoms with Crippen molar-refractivity contribution in [2.75, 3.05) is 39.6 Å². The van der Waals surface area contributed by atoms with Crippen molar-refractivity contribution in [3.8, 4) is 0 Å². The maximum atomic E-state index is 13.1. The van der Waals surface area contributed by atoms with Crippen molar-refractivity contribution < 1.29 is 75.8 Å². The normalized spacial score (nSPS) is 14.7. The van der Waals surface area contributed by atoms with Crippen molar-refractivity contribution in [1.82, 2.24) is 0 Å². The Kier molecular flexibility index (Phi) is 80.4. The van der Waals surface area contributed by atoms with Gasteiger partial charge in [0, 0.05) is 19.3 Å². The van der Waals surface area contributed by atoms with Gasteiger partial charge < -0.3 is 34.2 Å². The van der Waals surface area contributed by atoms with Gasteiger partial charge in [-0.05, 0) is 161 Å². The van der Waals surface area contributed by atoms with E-state index in [0.29, 0.717) is 19.3 Å². The van der Waals surface area contributed by atoms with Crippen LogP contribution in [0.5, 0.6) is 0 Å². The van der Waals surface area contributed by atoms with Crippen LogP contribution in [-0.4, -0.2) is 95.9 Å². The minimum atomic E-state index is -4.95. The first-order valence-corrected chi connectivity index (χ1v) is 46.4. The van der Waals surface area contributed by atoms with Crippen LogP contribution in [0.1, 0.15) is 342 Å². The van der Waals surface area contributed by atoms with E-state index in [0.717, 1.165) is 199 Å². The third-order valence-corrected chi connectivity index (χ3v) is 19.8. The van der Waals surface area contributed by atoms with Crippen LogP contribution in [0.25, 0.3) is 0 Å². The van der Waals surface area contributed by atoms with Crippen LogP contribution in [0.15, 0.2) is 170 Å². The van der Waals surface area contributed by atoms with Crippen molar-refractivity contribution in [2.24, 2.45) is 0 Å². The van der Waals surface area contributed by atoms with E-state index < -0.39 is 91.5 Å². The smallest absolute Gasteiger partial charge is 0.463 e. The monoisotopic (exact) mass is 1590 g/mol. The first-order valence-electron chi connectivity index (χ1n) is 43.4. The molecular weight excluding hydrogens is 1430 g/mol. The second-order valence-corrected chi connectivity index (χ2v) is 31.5. The molecule has 0 saturated carbocycles. The van der Waals surface area contributed by atoms with Crippen molar-refractivity contribution in [3.05, 3.63) is 170 Å². The number of unbranched alkanes of at least 4 members (excludes halogenated alkanes) is 30. The highest BCUT2D eigenvalue weighted by atomic mass is 31.2. The summed E-state index contributed by atoms with van der Waals surface area (Å²) >= 11 is 0. The summed E-state index contributed by atoms with van der Waals surface area (Å²) in [6, 6.07) is 0. The highest BCUT2D eigenvalue weighted by Crippen LogP contribution is 2.45. The Hall–Kier alpha value is -5.09. The molecule has 0 aromatic rings. The van der Waals surface area contributed by atoms with Crippen LogP contribution < -0.4 is 0 Å². The van der Waals surface area contributed by atoms with Crippen molar-refractivity contribution in [1.29, 1.82) is 0 Å². The molecule has 0 aromatic heterocycles. The van der Waals surface area contributed by atoms with Gasteiger partial charge in [-0.2, -0.15) is 0 Å². The number of aliphatic hydroxyl groups is 2. The van der Waals surface area contributed by atoms with Gasteiger partial charge in [0.2, 0.25) is 0 Å². The fourth-order valence-electron chi connectivity index (χ4n) is 11.3. The Balaban J connectivity index is 4.67. The van der Waals surface area contributed by atoms with Crippen LogP contribution in [-0.2, 0) is 55.8 Å². The lowest BCUT2D eigenvalue weighted by molar-refractivity contribution is -0.161. The molecule has 634 valence electrons. The fraction of sp³-hybridized carbons (Fsp3) is 0.667. The zero-order chi connectivity index (χ0) is 80.8. The maximum Gasteiger partial charge on any atom is 0.472 e. The standard InChI is InChI=1S/C93H156O16P2/c1-4-7-10-13-16-19-22-25-28-31-34-37-40-41-42-43-44-45-48-50-52-55-58-61-64-67-70-73-76-79-91(96)103-82-88(94)83-105-110(99,100)106-84-89(95)85-107-111(101,102)108-87-90(109-93(98)81-78-75-72-69-66-63-60-57-54-51-47-39-36-33-30-27-24-21-18-15-12-9-6-3)86-104-92(97)80-77-74-71-68-65-62-59-56-53-49-46-38-35-32-29-26-23-20-17-14-11-8-5-2/h7,10,16-21,25-30,34-39,41-42,44-45,49,51,53-54,88-90,94-95H,4-6,8-9,11-15,22-24,31-33,40,43,46-48,50,52,55-87H2,1-3H3,(H,99,100)(H,101,102)/b10-7-,19-16-,20-17-,21-18-,28-25-,29-26-,30-27-,37-34-,38-35-,39-36-,42-41-,45-44-,53-49-,54-51-. The number of hydrogen-bond donors (Lipinski definition) is 4. The lowest BCUT2D eigenvalue weighted by Crippen LogP contribution is -2.30. The summed E-state index contributed by atoms with van der Waals surface area (Å²) in [5.41, 5.74) is 0. The molecule has 5 unspecified atom stereocenters. The highest BCUT2D eigenvalue weighted by Gasteiger charge is 2.29. The summed E-state index contributed by atoms with van der Waals surface area (Å²) in [7, 11) is -9.82. The molecule has 0 heterocycles. The topological polar surface area (TPSA) is 231 Å². The van der Waals surface area contributed by atoms with Crippen molar-refractivity contribution in [3.63, 3.8) is 0 Å². The van der Waals surface area contributed by atoms with Crippen LogP contribution in [0.2, 0.25) is 0 Å². The van der Waals surface area contributed by atoms with Gasteiger partial charge in [0.05, 0.1) is 26.4 Å². The van der Waals surface area contributed by atoms with Gasteiger partial charge in [0.15, 0.2) is 6.10 Å². The molecule has 4 N–H and O–H groups in total. The summed E-state index contributed by atoms with van der Waals surface area (Å²) in [4.78, 5) is 58.9. The second-order valence-electron chi connectivity index (χ2n) is 28.6. The van der Waals surface area contributed by atoms with Crippen LogP contribution in [0, 0.1) is 0 Å². The summed E-state index contributed by atoms with van der Waals surface area (Å²) in [5, 5.41) is 20.7. The number of phosphoric ester groups is 2. The van der Waals surface area contributed by atoms with E-state index in [2.05, 4.69) is 191 Å². The van der Waals surface area contributed by atoms with Crippen LogP contribution in [0.3, 0.4) is 0 Å². The van der Waals surface area contributed by atoms with Gasteiger partial charge >= 0.3 is 33.6 Å². The van der Waals surface area contributed by atoms with E-state index >= 15 is 0 Å². The number of ether oxygens (including phenoxy) is 3. The minimum Gasteiger partial charge on any atom is -0.463 e. The van der Waals surface area contributed by atoms with Gasteiger partial charge in [0.25, 0.3) is 0 Å². The van der Waals surface area contributed by atoms with Crippen molar-refractivity contribution >= 4 is 33.6 Å². The fourth-order valence-corrected chi connectivity index (χ4v) is 12.9. The molecule has 0 aliphatic rings. The first kappa shape index (κ1) is 106. The highest BCUT2D eigenvalue weighted by molar-refractivity contribution is 7.47. The van der Waals surface area contributed by atoms with E-state index in [1.165, 1.54) is 83.5 Å². The molecule has 0 aliphatic carbocycles. The van der Waals surface area contributed by atoms with Crippen LogP contribution >= 0.6 is 15.6 Å². The minimum absolute atomic E-state index is 0.0845. The molecule has 0 saturated heterocycles. The number of rotatable bonds is 81. The number of carbonyl (C=O) groups excluding carboxylic acids is 3. The molecule has 0 aromatic carbocycles. The van der Waals surface area contributed by atoms with Crippen LogP contribution in [0.4, 0.5) is 0 Å². The molecule has 5 atom stereocenters. The Morgan fingerprint density at radius 3 is 0.757 bits per heavy atom. The molecule has 0 spiro atoms. The molecule has 111 heavy (non-hydrogen) atoms. The SMILES string of the molecule is CC/C=C\C/C=C\C/C=C\C/C=C\C/C=C\C/C=C\CCCCCCCCCCCCC(=O)OCC(O)COP(=O)(O)OCC(O)COP(=O)(O)OCC(COC(=O)CCCCCCCCC/C=C\C/C=C\C/C=C\C/C=C\CCCCC)OC(=O)CCCCCCCCC/C=C\C/C=C\C/C=C\C/C=C\CCCCC. The number of carbonyl (C=O) groups is 3. The zero-order valence-corrected chi connectivity index (χ0v) is 71.4. The molecule has 0 rings (SSSR count). The average Bonchev–Trinajstić information content (AvgIpc) is 0.900. The maximum absolute atomic E-state index is 13.1. The lowest BCUT2D eigenvalue weighted by Gasteiger charge is -2.21. The van der Waals surface area contributed by atoms with Gasteiger partial charge in [-0.3, -0.25) is 32.5 Å². The summed E-state index contributed by atoms with van der Waals surface area (Å²) in [6.45, 7) is 2.50. The number of allylic oxidation sites excluding steroid dienone is 28. The molecule has 18 heteroatoms. The van der Waals surface area contributed by atoms with E-state index in [9.17, 15) is 43.5 Å². The summed E-state index contributed by atoms with van der Waals surface area (Å²) in [5.74, 6) is -1.60. The first-order chi connectivity index (χ1) is 54.2. The molecule has 0 fully saturated rings. The Morgan fingerprint density at radius 1 is 0.261 bits per heavy atom. The predicted molar refractivity (Wildman–Crippen MR) is 463 cm³/mol. The lowest BCUT2D eigenvalue weighted by atomic mass is 10.1. The Bertz CT molecular complexity index is 2700. The van der Waals surface area contributed by atoms with E-state index in [4.69, 9.17) is 32.3 Å². The number of esters is 3. The molecule has 16 nitrogen and oxygen atoms in total. The quantitative estimate of drug-likeness (QED) is 0.0146. The van der Waals surface area contributed by atoms with E-state index in [1.54, 1.807) is 0 Å². The molecule has 0 aliphatic heterocycles. The summed E-state index contributed by atoms with van der Waals surface area (Å²) in [6.07, 6.45) is 108. The third kappa shape index (κ3) is 85.6. The molecule has 0 amide bonds. The van der Waals surface area contributed by atoms with E-state index in [-0.39, 0.29) is 19.3 Å². The number of hydrogen-bond acceptors (Lipinski definition) is 14. The third-order valence-electron chi connectivity index (χ3n) is 17.9. The van der Waals surface area contributed by atoms with Crippen molar-refractivity contribution in [2.45, 2.75) is 360 Å². The van der Waals surface area contributed by atoms with Gasteiger partial charge in [-0.25, -0.2) is 9.13 Å². The van der Waals surface area contributed by atoms with Gasteiger partial charge in [-0.15, -0.1) is 0 Å². The van der Waals surface area contributed by atoms with E-state index in [1.807, 2.05) is 0 Å². The molecule has 0 radical (unpaired) electrons. The molecule has 0 bridgehead atoms. The Morgan fingerprint density at radius 2 is 0.477 bits per heavy atom. The number of aliphatic hydroxyl groups excluding tert-OH is 2. The van der Waals surface area contributed by atoms with Gasteiger partial charge in [0.1, 0.15) is 25.4 Å². The average molecular weight is 1590 g/mol. The zero-order valence-electron chi connectivity index (χ0n) is 69.6. The second kappa shape index (κ2) is 84.3. The predicted octanol–water partition coefficient (Wildman–Crippen LogP) is 26.3. The summed E-state index contributed by atoms with van der Waals surface area (Å²) < 4.78 is 61.4.